The molecule has 0 unspecified atom stereocenters. The molecule has 1 saturated carbocycles. The van der Waals surface area contributed by atoms with E-state index in [0.717, 1.165) is 53.3 Å². The van der Waals surface area contributed by atoms with Crippen molar-refractivity contribution in [3.05, 3.63) is 64.9 Å². The zero-order valence-corrected chi connectivity index (χ0v) is 20.9. The first-order valence-corrected chi connectivity index (χ1v) is 13.6. The first-order valence-electron chi connectivity index (χ1n) is 11.2. The van der Waals surface area contributed by atoms with Gasteiger partial charge in [0.05, 0.1) is 10.8 Å². The van der Waals surface area contributed by atoms with E-state index in [1.54, 1.807) is 12.4 Å². The first-order chi connectivity index (χ1) is 16.4. The number of aromatic nitrogens is 4. The molecule has 1 aromatic carbocycles. The Morgan fingerprint density at radius 3 is 2.59 bits per heavy atom. The van der Waals surface area contributed by atoms with Crippen LogP contribution in [0.5, 0.6) is 0 Å². The average molecular weight is 541 g/mol. The molecule has 176 valence electrons. The molecule has 0 atom stereocenters. The van der Waals surface area contributed by atoms with Crippen molar-refractivity contribution in [2.24, 2.45) is 0 Å². The summed E-state index contributed by atoms with van der Waals surface area (Å²) < 4.78 is 30.9. The van der Waals surface area contributed by atoms with Crippen LogP contribution in [0.25, 0.3) is 28.2 Å². The number of sulfonamides is 1. The molecule has 8 nitrogen and oxygen atoms in total. The fraction of sp³-hybridized carbons (Fsp3) is 0.292. The molecule has 5 rings (SSSR count). The van der Waals surface area contributed by atoms with Gasteiger partial charge in [-0.3, -0.25) is 4.57 Å². The standard InChI is InChI=1S/C24H25BrN6O2S/c25-17-13-21-24(28-15-17)31(23(30-21)20-7-4-12-27-22(20)26)18-10-8-16(9-11-18)14-29-34(32,33)19-5-2-1-3-6-19/h4,7-13,15,19,29H,1-3,5-6,14H2,(H2,26,27). The lowest BCUT2D eigenvalue weighted by atomic mass is 10.0. The van der Waals surface area contributed by atoms with E-state index in [0.29, 0.717) is 22.9 Å². The summed E-state index contributed by atoms with van der Waals surface area (Å²) in [5.41, 5.74) is 10.00. The second-order valence-electron chi connectivity index (χ2n) is 8.50. The largest absolute Gasteiger partial charge is 0.383 e. The highest BCUT2D eigenvalue weighted by Crippen LogP contribution is 2.31. The Kier molecular flexibility index (Phi) is 6.37. The third-order valence-corrected chi connectivity index (χ3v) is 8.54. The van der Waals surface area contributed by atoms with Crippen molar-refractivity contribution < 1.29 is 8.42 Å². The van der Waals surface area contributed by atoms with Crippen LogP contribution < -0.4 is 10.5 Å². The minimum atomic E-state index is -3.32. The van der Waals surface area contributed by atoms with Crippen LogP contribution in [-0.4, -0.2) is 33.2 Å². The Morgan fingerprint density at radius 1 is 1.09 bits per heavy atom. The number of anilines is 1. The number of hydrogen-bond acceptors (Lipinski definition) is 6. The molecule has 10 heteroatoms. The normalized spacial score (nSPS) is 15.1. The van der Waals surface area contributed by atoms with Gasteiger partial charge in [-0.15, -0.1) is 0 Å². The molecule has 3 heterocycles. The van der Waals surface area contributed by atoms with Crippen LogP contribution in [0.1, 0.15) is 37.7 Å². The smallest absolute Gasteiger partial charge is 0.214 e. The van der Waals surface area contributed by atoms with Gasteiger partial charge in [-0.25, -0.2) is 28.1 Å². The number of nitrogens with two attached hydrogens (primary N) is 1. The molecule has 0 radical (unpaired) electrons. The van der Waals surface area contributed by atoms with Gasteiger partial charge in [-0.05, 0) is 64.7 Å². The fourth-order valence-corrected chi connectivity index (χ4v) is 6.29. The van der Waals surface area contributed by atoms with E-state index in [4.69, 9.17) is 10.7 Å². The molecule has 0 bridgehead atoms. The summed E-state index contributed by atoms with van der Waals surface area (Å²) in [5.74, 6) is 1.02. The maximum absolute atomic E-state index is 12.7. The predicted octanol–water partition coefficient (Wildman–Crippen LogP) is 4.58. The van der Waals surface area contributed by atoms with E-state index in [9.17, 15) is 8.42 Å². The van der Waals surface area contributed by atoms with Gasteiger partial charge in [0.2, 0.25) is 10.0 Å². The molecular weight excluding hydrogens is 516 g/mol. The fourth-order valence-electron chi connectivity index (χ4n) is 4.41. The number of rotatable bonds is 6. The molecule has 0 spiro atoms. The lowest BCUT2D eigenvalue weighted by Gasteiger charge is -2.22. The number of halogens is 1. The van der Waals surface area contributed by atoms with Gasteiger partial charge in [-0.1, -0.05) is 31.4 Å². The van der Waals surface area contributed by atoms with Gasteiger partial charge in [0.25, 0.3) is 0 Å². The SMILES string of the molecule is Nc1ncccc1-c1nc2cc(Br)cnc2n1-c1ccc(CNS(=O)(=O)C2CCCCC2)cc1. The zero-order valence-electron chi connectivity index (χ0n) is 18.5. The van der Waals surface area contributed by atoms with E-state index in [-0.39, 0.29) is 11.8 Å². The molecule has 0 saturated heterocycles. The number of pyridine rings is 2. The van der Waals surface area contributed by atoms with Gasteiger partial charge >= 0.3 is 0 Å². The van der Waals surface area contributed by atoms with Crippen LogP contribution in [0.2, 0.25) is 0 Å². The third kappa shape index (κ3) is 4.57. The van der Waals surface area contributed by atoms with Crippen molar-refractivity contribution in [3.8, 4) is 17.1 Å². The summed E-state index contributed by atoms with van der Waals surface area (Å²) >= 11 is 3.46. The van der Waals surface area contributed by atoms with Crippen LogP contribution >= 0.6 is 15.9 Å². The first kappa shape index (κ1) is 22.9. The minimum Gasteiger partial charge on any atom is -0.383 e. The molecule has 3 aromatic heterocycles. The zero-order chi connectivity index (χ0) is 23.7. The number of nitrogen functional groups attached to an aromatic ring is 1. The van der Waals surface area contributed by atoms with E-state index < -0.39 is 10.0 Å². The van der Waals surface area contributed by atoms with Crippen molar-refractivity contribution in [2.75, 3.05) is 5.73 Å². The van der Waals surface area contributed by atoms with Crippen LogP contribution in [0.4, 0.5) is 5.82 Å². The highest BCUT2D eigenvalue weighted by atomic mass is 79.9. The summed E-state index contributed by atoms with van der Waals surface area (Å²) in [7, 11) is -3.32. The number of nitrogens with zero attached hydrogens (tertiary/aromatic N) is 4. The molecule has 1 aliphatic carbocycles. The van der Waals surface area contributed by atoms with Gasteiger partial charge in [0, 0.05) is 29.1 Å². The number of nitrogens with one attached hydrogen (secondary N) is 1. The van der Waals surface area contributed by atoms with E-state index in [1.165, 1.54) is 0 Å². The van der Waals surface area contributed by atoms with E-state index in [2.05, 4.69) is 30.6 Å². The molecule has 3 N–H and O–H groups in total. The van der Waals surface area contributed by atoms with Crippen molar-refractivity contribution in [2.45, 2.75) is 43.9 Å². The van der Waals surface area contributed by atoms with E-state index >= 15 is 0 Å². The summed E-state index contributed by atoms with van der Waals surface area (Å²) in [4.78, 5) is 13.6. The van der Waals surface area contributed by atoms with Crippen LogP contribution in [0.15, 0.2) is 59.3 Å². The minimum absolute atomic E-state index is 0.261. The number of fused-ring (bicyclic) bond motifs is 1. The van der Waals surface area contributed by atoms with Crippen molar-refractivity contribution >= 4 is 42.9 Å². The lowest BCUT2D eigenvalue weighted by molar-refractivity contribution is 0.477. The Hall–Kier alpha value is -2.82. The second kappa shape index (κ2) is 9.44. The summed E-state index contributed by atoms with van der Waals surface area (Å²) in [5, 5.41) is -0.282. The maximum atomic E-state index is 12.7. The number of imidazole rings is 1. The summed E-state index contributed by atoms with van der Waals surface area (Å²) in [6, 6.07) is 13.3. The summed E-state index contributed by atoms with van der Waals surface area (Å²) in [6.07, 6.45) is 7.93. The highest BCUT2D eigenvalue weighted by Gasteiger charge is 2.26. The van der Waals surface area contributed by atoms with Crippen LogP contribution in [0.3, 0.4) is 0 Å². The third-order valence-electron chi connectivity index (χ3n) is 6.21. The Labute approximate surface area is 206 Å². The molecule has 0 amide bonds. The Morgan fingerprint density at radius 2 is 1.85 bits per heavy atom. The Bertz CT molecular complexity index is 1430. The average Bonchev–Trinajstić information content (AvgIpc) is 3.22. The molecule has 34 heavy (non-hydrogen) atoms. The molecular formula is C24H25BrN6O2S. The van der Waals surface area contributed by atoms with Crippen molar-refractivity contribution in [1.82, 2.24) is 24.2 Å². The van der Waals surface area contributed by atoms with Gasteiger partial charge in [0.15, 0.2) is 11.5 Å². The second-order valence-corrected chi connectivity index (χ2v) is 11.5. The van der Waals surface area contributed by atoms with Gasteiger partial charge in [0.1, 0.15) is 11.3 Å². The highest BCUT2D eigenvalue weighted by molar-refractivity contribution is 9.10. The van der Waals surface area contributed by atoms with Crippen LogP contribution in [0, 0.1) is 0 Å². The molecule has 0 aliphatic heterocycles. The number of benzene rings is 1. The summed E-state index contributed by atoms with van der Waals surface area (Å²) in [6.45, 7) is 0.261. The predicted molar refractivity (Wildman–Crippen MR) is 137 cm³/mol. The van der Waals surface area contributed by atoms with Crippen molar-refractivity contribution in [1.29, 1.82) is 0 Å². The van der Waals surface area contributed by atoms with Crippen LogP contribution in [-0.2, 0) is 16.6 Å². The van der Waals surface area contributed by atoms with Gasteiger partial charge < -0.3 is 5.73 Å². The molecule has 1 fully saturated rings. The quantitative estimate of drug-likeness (QED) is 0.369. The molecule has 1 aliphatic rings. The number of hydrogen-bond donors (Lipinski definition) is 2. The van der Waals surface area contributed by atoms with Gasteiger partial charge in [-0.2, -0.15) is 0 Å². The molecule has 4 aromatic rings. The topological polar surface area (TPSA) is 116 Å². The maximum Gasteiger partial charge on any atom is 0.214 e. The Balaban J connectivity index is 1.46. The van der Waals surface area contributed by atoms with Crippen molar-refractivity contribution in [3.63, 3.8) is 0 Å². The van der Waals surface area contributed by atoms with E-state index in [1.807, 2.05) is 47.0 Å². The monoisotopic (exact) mass is 540 g/mol. The lowest BCUT2D eigenvalue weighted by Crippen LogP contribution is -2.35.